The van der Waals surface area contributed by atoms with Crippen LogP contribution in [0.3, 0.4) is 0 Å². The van der Waals surface area contributed by atoms with E-state index in [4.69, 9.17) is 0 Å². The van der Waals surface area contributed by atoms with Gasteiger partial charge in [0.15, 0.2) is 0 Å². The van der Waals surface area contributed by atoms with Crippen LogP contribution in [0.1, 0.15) is 141 Å². The summed E-state index contributed by atoms with van der Waals surface area (Å²) in [6.45, 7) is 2.12. The van der Waals surface area contributed by atoms with Crippen molar-refractivity contribution in [3.63, 3.8) is 0 Å². The predicted octanol–water partition coefficient (Wildman–Crippen LogP) is 15.6. The Kier molecular flexibility index (Phi) is 11.0. The Labute approximate surface area is 422 Å². The zero-order valence-corrected chi connectivity index (χ0v) is 41.7. The second-order valence-corrected chi connectivity index (χ2v) is 22.2. The van der Waals surface area contributed by atoms with Crippen LogP contribution in [0.4, 0.5) is 5.69 Å². The van der Waals surface area contributed by atoms with Crippen molar-refractivity contribution in [2.24, 2.45) is 23.7 Å². The quantitative estimate of drug-likeness (QED) is 0.161. The van der Waals surface area contributed by atoms with Gasteiger partial charge in [-0.3, -0.25) is 0 Å². The lowest BCUT2D eigenvalue weighted by atomic mass is 9.58. The molecule has 0 saturated heterocycles. The highest BCUT2D eigenvalue weighted by Crippen LogP contribution is 2.58. The summed E-state index contributed by atoms with van der Waals surface area (Å²) in [4.78, 5) is 2.78. The van der Waals surface area contributed by atoms with Gasteiger partial charge in [-0.05, 0) is 229 Å². The Morgan fingerprint density at radius 2 is 1.49 bits per heavy atom. The van der Waals surface area contributed by atoms with Crippen LogP contribution < -0.4 is 15.3 Å². The van der Waals surface area contributed by atoms with Crippen LogP contribution in [0.25, 0.3) is 36.1 Å². The van der Waals surface area contributed by atoms with Crippen LogP contribution >= 0.6 is 0 Å². The first-order valence-corrected chi connectivity index (χ1v) is 27.8. The molecule has 2 nitrogen and oxygen atoms in total. The fraction of sp³-hybridized carbons (Fsp3) is 0.333. The van der Waals surface area contributed by atoms with Crippen molar-refractivity contribution in [2.75, 3.05) is 4.90 Å². The standard InChI is InChI=1S/C69H68N2/c1-2-3-4-5-6-20-54-56-39-36-51(71-67-29-15-11-23-59(67)60-24-12-16-30-68(60)71)44-64(56)69(61-40-37-50(43-63(54)61)70-65-27-13-9-21-57(65)58-22-10-14-28-66(58)70)46-33-31-45(32-34-46)52-25-17-26-53-55(52)38-35-49-41-47-18-7-8-19-48(47)42-62(49)53/h2-5,11,13-19,23,25,27-31,33-36,38-39,41-43,45,53,60-61,64,68-69H,6-10,12,20-22,24,26,32,37,40,44H2,1H3/b3-2-,5-4-. The van der Waals surface area contributed by atoms with Gasteiger partial charge in [0.05, 0.1) is 6.04 Å². The van der Waals surface area contributed by atoms with Gasteiger partial charge in [0.2, 0.25) is 0 Å². The Morgan fingerprint density at radius 3 is 2.32 bits per heavy atom. The third kappa shape index (κ3) is 7.24. The molecular formula is C69H68N2. The van der Waals surface area contributed by atoms with Crippen molar-refractivity contribution in [1.82, 2.24) is 4.57 Å². The van der Waals surface area contributed by atoms with E-state index in [2.05, 4.69) is 186 Å². The maximum absolute atomic E-state index is 2.78. The minimum atomic E-state index is 0.382. The number of anilines is 1. The van der Waals surface area contributed by atoms with Gasteiger partial charge >= 0.3 is 0 Å². The monoisotopic (exact) mass is 925 g/mol. The van der Waals surface area contributed by atoms with E-state index in [1.54, 1.807) is 44.6 Å². The summed E-state index contributed by atoms with van der Waals surface area (Å²) >= 11 is 0. The predicted molar refractivity (Wildman–Crippen MR) is 300 cm³/mol. The smallest absolute Gasteiger partial charge is 0.0588 e. The molecule has 354 valence electrons. The van der Waals surface area contributed by atoms with E-state index in [1.165, 1.54) is 87.7 Å². The number of fused-ring (bicyclic) bond motifs is 12. The molecule has 0 saturated carbocycles. The van der Waals surface area contributed by atoms with Gasteiger partial charge in [-0.2, -0.15) is 0 Å². The van der Waals surface area contributed by atoms with Crippen molar-refractivity contribution in [3.8, 4) is 0 Å². The fourth-order valence-corrected chi connectivity index (χ4v) is 15.5. The van der Waals surface area contributed by atoms with Gasteiger partial charge in [-0.15, -0.1) is 0 Å². The molecule has 0 spiro atoms. The molecule has 0 amide bonds. The van der Waals surface area contributed by atoms with E-state index in [0.29, 0.717) is 41.5 Å². The maximum Gasteiger partial charge on any atom is 0.0588 e. The van der Waals surface area contributed by atoms with Crippen molar-refractivity contribution in [2.45, 2.75) is 121 Å². The minimum Gasteiger partial charge on any atom is -0.337 e. The normalized spacial score (nSPS) is 28.4. The number of hydrogen-bond donors (Lipinski definition) is 0. The summed E-state index contributed by atoms with van der Waals surface area (Å²) in [7, 11) is 0. The van der Waals surface area contributed by atoms with E-state index in [0.717, 1.165) is 64.2 Å². The lowest BCUT2D eigenvalue weighted by molar-refractivity contribution is 0.295. The Hall–Kier alpha value is -6.38. The van der Waals surface area contributed by atoms with E-state index in [1.807, 2.05) is 0 Å². The maximum atomic E-state index is 2.78. The lowest BCUT2D eigenvalue weighted by Gasteiger charge is -2.48. The van der Waals surface area contributed by atoms with Crippen molar-refractivity contribution in [3.05, 3.63) is 228 Å². The molecule has 0 fully saturated rings. The van der Waals surface area contributed by atoms with Crippen LogP contribution in [-0.4, -0.2) is 10.6 Å². The van der Waals surface area contributed by atoms with Gasteiger partial charge < -0.3 is 9.47 Å². The van der Waals surface area contributed by atoms with Gasteiger partial charge in [-0.1, -0.05) is 134 Å². The summed E-state index contributed by atoms with van der Waals surface area (Å²) < 4.78 is 2.71. The Balaban J connectivity index is 0.880. The SMILES string of the molecule is C/C=C\C=C/CCC1=C2C=C(n3c4c(c5c3C=CCC5)CCC=C4)CCC2C(C2=CCC(C3=C4C=Cc5cc6c(cc5C4CC=C3)=CCCC=6)C=C2)C2CC(N3c4ccccc4C4CCC=CC43)=CC=C12. The average molecular weight is 925 g/mol. The first-order chi connectivity index (χ1) is 35.2. The van der Waals surface area contributed by atoms with Crippen molar-refractivity contribution < 1.29 is 0 Å². The van der Waals surface area contributed by atoms with E-state index in [-0.39, 0.29) is 0 Å². The van der Waals surface area contributed by atoms with Crippen LogP contribution in [-0.2, 0) is 12.8 Å². The summed E-state index contributed by atoms with van der Waals surface area (Å²) in [5, 5.41) is 2.85. The second-order valence-electron chi connectivity index (χ2n) is 22.2. The van der Waals surface area contributed by atoms with Crippen molar-refractivity contribution >= 4 is 41.8 Å². The van der Waals surface area contributed by atoms with Gasteiger partial charge in [0.1, 0.15) is 0 Å². The number of hydrogen-bond acceptors (Lipinski definition) is 1. The number of allylic oxidation sites excluding steroid dienone is 24. The molecule has 71 heavy (non-hydrogen) atoms. The highest BCUT2D eigenvalue weighted by molar-refractivity contribution is 5.75. The summed E-state index contributed by atoms with van der Waals surface area (Å²) in [6.07, 6.45) is 71.4. The molecule has 0 radical (unpaired) electrons. The molecule has 3 aromatic rings. The molecule has 2 aromatic carbocycles. The highest BCUT2D eigenvalue weighted by Gasteiger charge is 2.47. The van der Waals surface area contributed by atoms with E-state index >= 15 is 0 Å². The molecule has 1 aromatic heterocycles. The number of benzene rings is 2. The van der Waals surface area contributed by atoms with Crippen LogP contribution in [0.15, 0.2) is 179 Å². The molecule has 0 N–H and O–H groups in total. The molecule has 2 heteroatoms. The molecule has 1 aliphatic heterocycles. The van der Waals surface area contributed by atoms with Gasteiger partial charge in [0, 0.05) is 46.2 Å². The Morgan fingerprint density at radius 1 is 0.648 bits per heavy atom. The summed E-state index contributed by atoms with van der Waals surface area (Å²) in [6, 6.07) is 14.8. The van der Waals surface area contributed by atoms with Crippen molar-refractivity contribution in [1.29, 1.82) is 0 Å². The second kappa shape index (κ2) is 18.0. The molecule has 10 aliphatic carbocycles. The van der Waals surface area contributed by atoms with Gasteiger partial charge in [-0.25, -0.2) is 0 Å². The zero-order chi connectivity index (χ0) is 47.0. The number of para-hydroxylation sites is 1. The summed E-state index contributed by atoms with van der Waals surface area (Å²) in [5.74, 6) is 2.66. The first kappa shape index (κ1) is 43.4. The lowest BCUT2D eigenvalue weighted by Crippen LogP contribution is -2.40. The molecule has 11 aliphatic rings. The zero-order valence-electron chi connectivity index (χ0n) is 41.7. The first-order valence-electron chi connectivity index (χ1n) is 27.8. The largest absolute Gasteiger partial charge is 0.337 e. The third-order valence-corrected chi connectivity index (χ3v) is 18.6. The molecule has 7 atom stereocenters. The van der Waals surface area contributed by atoms with Crippen LogP contribution in [0.5, 0.6) is 0 Å². The summed E-state index contributed by atoms with van der Waals surface area (Å²) in [5.41, 5.74) is 24.5. The molecule has 2 heterocycles. The Bertz CT molecular complexity index is 3300. The third-order valence-electron chi connectivity index (χ3n) is 18.6. The number of aromatic nitrogens is 1. The van der Waals surface area contributed by atoms with E-state index < -0.39 is 0 Å². The van der Waals surface area contributed by atoms with Crippen LogP contribution in [0, 0.1) is 23.7 Å². The molecular weight excluding hydrogens is 857 g/mol. The van der Waals surface area contributed by atoms with Crippen LogP contribution in [0.2, 0.25) is 0 Å². The minimum absolute atomic E-state index is 0.382. The number of rotatable bonds is 8. The topological polar surface area (TPSA) is 8.17 Å². The molecule has 14 rings (SSSR count). The fourth-order valence-electron chi connectivity index (χ4n) is 15.5. The number of nitrogens with zero attached hydrogens (tertiary/aromatic N) is 2. The van der Waals surface area contributed by atoms with Gasteiger partial charge in [0.25, 0.3) is 0 Å². The highest BCUT2D eigenvalue weighted by atomic mass is 15.2. The molecule has 7 unspecified atom stereocenters. The average Bonchev–Trinajstić information content (AvgIpc) is 3.95. The van der Waals surface area contributed by atoms with E-state index in [9.17, 15) is 0 Å². The molecule has 0 bridgehead atoms.